The molecular formula is C22H27ClN4O. The number of aromatic nitrogens is 2. The first kappa shape index (κ1) is 21.7. The number of nitrogens with two attached hydrogens (primary N) is 1. The van der Waals surface area contributed by atoms with Crippen LogP contribution in [0.25, 0.3) is 0 Å². The van der Waals surface area contributed by atoms with Crippen LogP contribution in [-0.2, 0) is 13.0 Å². The van der Waals surface area contributed by atoms with Crippen LogP contribution in [0.5, 0.6) is 0 Å². The van der Waals surface area contributed by atoms with E-state index in [1.165, 1.54) is 5.56 Å². The van der Waals surface area contributed by atoms with Crippen molar-refractivity contribution in [3.63, 3.8) is 0 Å². The monoisotopic (exact) mass is 398 g/mol. The molecule has 0 aliphatic rings. The van der Waals surface area contributed by atoms with E-state index >= 15 is 0 Å². The van der Waals surface area contributed by atoms with Crippen molar-refractivity contribution in [2.75, 3.05) is 19.6 Å². The summed E-state index contributed by atoms with van der Waals surface area (Å²) in [6.07, 6.45) is 2.48. The Bertz CT molecular complexity index is 865. The third-order valence-corrected chi connectivity index (χ3v) is 4.71. The van der Waals surface area contributed by atoms with Crippen molar-refractivity contribution in [3.05, 3.63) is 89.2 Å². The first-order chi connectivity index (χ1) is 13.2. The average Bonchev–Trinajstić information content (AvgIpc) is 3.06. The van der Waals surface area contributed by atoms with Gasteiger partial charge in [0, 0.05) is 25.3 Å². The summed E-state index contributed by atoms with van der Waals surface area (Å²) in [5.41, 5.74) is 9.64. The summed E-state index contributed by atoms with van der Waals surface area (Å²) in [4.78, 5) is 14.9. The summed E-state index contributed by atoms with van der Waals surface area (Å²) < 4.78 is 1.88. The Morgan fingerprint density at radius 2 is 1.61 bits per heavy atom. The van der Waals surface area contributed by atoms with Crippen LogP contribution in [0.2, 0.25) is 0 Å². The predicted octanol–water partition coefficient (Wildman–Crippen LogP) is 3.31. The van der Waals surface area contributed by atoms with E-state index in [1.807, 2.05) is 52.9 Å². The summed E-state index contributed by atoms with van der Waals surface area (Å²) in [6.45, 7) is 4.22. The number of amides is 1. The molecule has 0 saturated carbocycles. The highest BCUT2D eigenvalue weighted by Gasteiger charge is 2.20. The number of nitrogens with zero attached hydrogens (tertiary/aromatic N) is 3. The fraction of sp³-hybridized carbons (Fsp3) is 0.273. The lowest BCUT2D eigenvalue weighted by Crippen LogP contribution is -2.37. The zero-order valence-electron chi connectivity index (χ0n) is 16.1. The van der Waals surface area contributed by atoms with E-state index in [2.05, 4.69) is 29.4 Å². The molecule has 3 aromatic rings. The van der Waals surface area contributed by atoms with Gasteiger partial charge >= 0.3 is 0 Å². The van der Waals surface area contributed by atoms with Crippen LogP contribution >= 0.6 is 12.4 Å². The fourth-order valence-electron chi connectivity index (χ4n) is 3.12. The molecule has 28 heavy (non-hydrogen) atoms. The van der Waals surface area contributed by atoms with E-state index in [4.69, 9.17) is 5.73 Å². The molecule has 3 rings (SSSR count). The van der Waals surface area contributed by atoms with E-state index in [9.17, 15) is 4.79 Å². The SMILES string of the molecule is Cc1c(C(=O)N(CCN)CCc2ccccc2)cnn1Cc1ccccc1.Cl. The minimum Gasteiger partial charge on any atom is -0.337 e. The minimum atomic E-state index is -0.00630. The number of carbonyl (C=O) groups excluding carboxylic acids is 1. The quantitative estimate of drug-likeness (QED) is 0.633. The molecular weight excluding hydrogens is 372 g/mol. The van der Waals surface area contributed by atoms with Crippen molar-refractivity contribution in [2.45, 2.75) is 19.9 Å². The number of benzene rings is 2. The van der Waals surface area contributed by atoms with Crippen molar-refractivity contribution < 1.29 is 4.79 Å². The van der Waals surface area contributed by atoms with Crippen LogP contribution in [0.1, 0.15) is 27.2 Å². The maximum absolute atomic E-state index is 13.1. The number of rotatable bonds is 8. The van der Waals surface area contributed by atoms with Crippen molar-refractivity contribution >= 4 is 18.3 Å². The zero-order valence-corrected chi connectivity index (χ0v) is 16.9. The molecule has 5 nitrogen and oxygen atoms in total. The van der Waals surface area contributed by atoms with Crippen LogP contribution in [0.3, 0.4) is 0 Å². The molecule has 0 atom stereocenters. The summed E-state index contributed by atoms with van der Waals surface area (Å²) in [5, 5.41) is 4.43. The fourth-order valence-corrected chi connectivity index (χ4v) is 3.12. The van der Waals surface area contributed by atoms with E-state index in [0.29, 0.717) is 31.7 Å². The molecule has 1 amide bonds. The molecule has 0 saturated heterocycles. The van der Waals surface area contributed by atoms with Crippen molar-refractivity contribution in [2.24, 2.45) is 5.73 Å². The van der Waals surface area contributed by atoms with Crippen molar-refractivity contribution in [1.82, 2.24) is 14.7 Å². The van der Waals surface area contributed by atoms with Gasteiger partial charge < -0.3 is 10.6 Å². The van der Waals surface area contributed by atoms with Gasteiger partial charge in [0.1, 0.15) is 0 Å². The number of carbonyl (C=O) groups is 1. The number of hydrogen-bond acceptors (Lipinski definition) is 3. The van der Waals surface area contributed by atoms with Crippen LogP contribution < -0.4 is 5.73 Å². The van der Waals surface area contributed by atoms with Gasteiger partial charge in [-0.1, -0.05) is 60.7 Å². The van der Waals surface area contributed by atoms with Gasteiger partial charge in [-0.25, -0.2) is 0 Å². The molecule has 0 aliphatic carbocycles. The smallest absolute Gasteiger partial charge is 0.257 e. The van der Waals surface area contributed by atoms with Crippen molar-refractivity contribution in [1.29, 1.82) is 0 Å². The molecule has 6 heteroatoms. The first-order valence-electron chi connectivity index (χ1n) is 9.28. The lowest BCUT2D eigenvalue weighted by Gasteiger charge is -2.22. The Kier molecular flexibility index (Phi) is 8.23. The second kappa shape index (κ2) is 10.6. The Hall–Kier alpha value is -2.63. The molecule has 0 radical (unpaired) electrons. The largest absolute Gasteiger partial charge is 0.337 e. The van der Waals surface area contributed by atoms with E-state index in [-0.39, 0.29) is 18.3 Å². The Morgan fingerprint density at radius 1 is 1.00 bits per heavy atom. The molecule has 0 spiro atoms. The predicted molar refractivity (Wildman–Crippen MR) is 115 cm³/mol. The third-order valence-electron chi connectivity index (χ3n) is 4.71. The second-order valence-electron chi connectivity index (χ2n) is 6.60. The lowest BCUT2D eigenvalue weighted by atomic mass is 10.1. The zero-order chi connectivity index (χ0) is 19.1. The standard InChI is InChI=1S/C22H26N4O.ClH/c1-18-21(16-24-26(18)17-20-10-6-3-7-11-20)22(27)25(15-13-23)14-12-19-8-4-2-5-9-19;/h2-11,16H,12-15,17,23H2,1H3;1H. The van der Waals surface area contributed by atoms with Gasteiger partial charge in [0.05, 0.1) is 18.3 Å². The second-order valence-corrected chi connectivity index (χ2v) is 6.60. The summed E-state index contributed by atoms with van der Waals surface area (Å²) in [5.74, 6) is -0.00630. The van der Waals surface area contributed by atoms with Gasteiger partial charge in [0.2, 0.25) is 0 Å². The van der Waals surface area contributed by atoms with Gasteiger partial charge in [-0.3, -0.25) is 9.48 Å². The molecule has 0 fully saturated rings. The molecule has 1 aromatic heterocycles. The Labute approximate surface area is 172 Å². The van der Waals surface area contributed by atoms with Crippen LogP contribution in [0, 0.1) is 6.92 Å². The molecule has 1 heterocycles. The van der Waals surface area contributed by atoms with E-state index < -0.39 is 0 Å². The molecule has 0 aliphatic heterocycles. The van der Waals surface area contributed by atoms with E-state index in [1.54, 1.807) is 6.20 Å². The summed E-state index contributed by atoms with van der Waals surface area (Å²) in [7, 11) is 0. The normalized spacial score (nSPS) is 10.4. The summed E-state index contributed by atoms with van der Waals surface area (Å²) in [6, 6.07) is 20.3. The van der Waals surface area contributed by atoms with Crippen molar-refractivity contribution in [3.8, 4) is 0 Å². The third kappa shape index (κ3) is 5.44. The highest BCUT2D eigenvalue weighted by atomic mass is 35.5. The molecule has 2 aromatic carbocycles. The van der Waals surface area contributed by atoms with Crippen LogP contribution in [-0.4, -0.2) is 40.2 Å². The first-order valence-corrected chi connectivity index (χ1v) is 9.28. The molecule has 0 bridgehead atoms. The topological polar surface area (TPSA) is 64.2 Å². The van der Waals surface area contributed by atoms with Crippen LogP contribution in [0.4, 0.5) is 0 Å². The van der Waals surface area contributed by atoms with E-state index in [0.717, 1.165) is 17.7 Å². The minimum absolute atomic E-state index is 0. The summed E-state index contributed by atoms with van der Waals surface area (Å²) >= 11 is 0. The molecule has 148 valence electrons. The van der Waals surface area contributed by atoms with Gasteiger partial charge in [0.15, 0.2) is 0 Å². The maximum Gasteiger partial charge on any atom is 0.257 e. The highest BCUT2D eigenvalue weighted by Crippen LogP contribution is 2.13. The van der Waals surface area contributed by atoms with Crippen LogP contribution in [0.15, 0.2) is 66.9 Å². The van der Waals surface area contributed by atoms with Gasteiger partial charge in [0.25, 0.3) is 5.91 Å². The molecule has 2 N–H and O–H groups in total. The highest BCUT2D eigenvalue weighted by molar-refractivity contribution is 5.95. The Morgan fingerprint density at radius 3 is 2.21 bits per heavy atom. The lowest BCUT2D eigenvalue weighted by molar-refractivity contribution is 0.0761. The van der Waals surface area contributed by atoms with Gasteiger partial charge in [-0.2, -0.15) is 5.10 Å². The number of halogens is 1. The van der Waals surface area contributed by atoms with Gasteiger partial charge in [-0.05, 0) is 24.5 Å². The number of hydrogen-bond donors (Lipinski definition) is 1. The van der Waals surface area contributed by atoms with Gasteiger partial charge in [-0.15, -0.1) is 12.4 Å². The Balaban J connectivity index is 0.00000280. The molecule has 0 unspecified atom stereocenters. The maximum atomic E-state index is 13.1. The average molecular weight is 399 g/mol.